The molecule has 0 aliphatic carbocycles. The summed E-state index contributed by atoms with van der Waals surface area (Å²) in [4.78, 5) is 81.4. The topological polar surface area (TPSA) is 223 Å². The fourth-order valence-corrected chi connectivity index (χ4v) is 5.45. The predicted molar refractivity (Wildman–Crippen MR) is 195 cm³/mol. The smallest absolute Gasteiger partial charge is 0.306 e. The van der Waals surface area contributed by atoms with Crippen LogP contribution in [0.25, 0.3) is 0 Å². The van der Waals surface area contributed by atoms with Gasteiger partial charge in [-0.2, -0.15) is 0 Å². The van der Waals surface area contributed by atoms with Gasteiger partial charge in [-0.05, 0) is 38.5 Å². The highest BCUT2D eigenvalue weighted by Gasteiger charge is 2.22. The Morgan fingerprint density at radius 1 is 0.481 bits per heavy atom. The summed E-state index contributed by atoms with van der Waals surface area (Å²) >= 11 is 0. The number of hydrogen-bond donors (Lipinski definition) is 5. The summed E-state index contributed by atoms with van der Waals surface area (Å²) in [7, 11) is 0. The minimum Gasteiger partial charge on any atom is -0.481 e. The number of carbonyl (C=O) groups excluding carboxylic acids is 4. The number of aliphatic carboxylic acids is 3. The minimum absolute atomic E-state index is 0.00168. The molecule has 52 heavy (non-hydrogen) atoms. The molecule has 0 aliphatic heterocycles. The Kier molecular flexibility index (Phi) is 31.3. The monoisotopic (exact) mass is 742 g/mol. The third-order valence-electron chi connectivity index (χ3n) is 8.76. The van der Waals surface area contributed by atoms with Crippen molar-refractivity contribution in [2.45, 2.75) is 148 Å². The van der Waals surface area contributed by atoms with Crippen LogP contribution < -0.4 is 10.6 Å². The first-order chi connectivity index (χ1) is 24.9. The normalized spacial score (nSPS) is 12.2. The van der Waals surface area contributed by atoms with E-state index in [0.29, 0.717) is 64.9 Å². The first-order valence-corrected chi connectivity index (χ1v) is 19.3. The molecule has 0 fully saturated rings. The van der Waals surface area contributed by atoms with Crippen LogP contribution in [-0.4, -0.2) is 96.1 Å². The van der Waals surface area contributed by atoms with E-state index in [1.807, 2.05) is 0 Å². The maximum atomic E-state index is 12.3. The standard InChI is InChI=1S/C38H66N2O12/c1-30(37(47)48)15-12-13-23-39-34(43)21-19-31(38(49)50)29-33(42)20-22-35(44)40-24-26-52-28-27-51-25-14-17-32(41)16-10-8-6-4-2-3-5-7-9-11-18-36(45)46/h30-31H,2-29H2,1H3,(H,39,43)(H,40,44)(H,45,46)(H,47,48)(H,49,50)/t30-,31+/m0/s1. The van der Waals surface area contributed by atoms with Crippen molar-refractivity contribution in [3.05, 3.63) is 0 Å². The van der Waals surface area contributed by atoms with Crippen molar-refractivity contribution in [1.82, 2.24) is 10.6 Å². The molecule has 300 valence electrons. The van der Waals surface area contributed by atoms with Crippen LogP contribution in [0.15, 0.2) is 0 Å². The van der Waals surface area contributed by atoms with E-state index in [4.69, 9.17) is 19.7 Å². The molecule has 0 aliphatic rings. The maximum absolute atomic E-state index is 12.3. The van der Waals surface area contributed by atoms with Gasteiger partial charge in [0.15, 0.2) is 0 Å². The van der Waals surface area contributed by atoms with Crippen molar-refractivity contribution in [1.29, 1.82) is 0 Å². The summed E-state index contributed by atoms with van der Waals surface area (Å²) in [6, 6.07) is 0. The first-order valence-electron chi connectivity index (χ1n) is 19.3. The molecule has 14 heteroatoms. The zero-order valence-electron chi connectivity index (χ0n) is 31.5. The number of nitrogens with one attached hydrogen (secondary N) is 2. The van der Waals surface area contributed by atoms with Crippen LogP contribution in [-0.2, 0) is 43.0 Å². The number of carboxylic acids is 3. The van der Waals surface area contributed by atoms with E-state index < -0.39 is 29.7 Å². The Bertz CT molecular complexity index is 1040. The maximum Gasteiger partial charge on any atom is 0.306 e. The largest absolute Gasteiger partial charge is 0.481 e. The Morgan fingerprint density at radius 3 is 1.62 bits per heavy atom. The lowest BCUT2D eigenvalue weighted by Gasteiger charge is -2.12. The molecule has 0 unspecified atom stereocenters. The summed E-state index contributed by atoms with van der Waals surface area (Å²) in [5, 5.41) is 32.3. The van der Waals surface area contributed by atoms with Crippen molar-refractivity contribution < 1.29 is 58.4 Å². The van der Waals surface area contributed by atoms with Crippen molar-refractivity contribution in [3.63, 3.8) is 0 Å². The molecule has 0 saturated heterocycles. The van der Waals surface area contributed by atoms with E-state index in [9.17, 15) is 38.7 Å². The van der Waals surface area contributed by atoms with Crippen LogP contribution in [0, 0.1) is 11.8 Å². The van der Waals surface area contributed by atoms with Crippen molar-refractivity contribution >= 4 is 41.3 Å². The average molecular weight is 743 g/mol. The highest BCUT2D eigenvalue weighted by Crippen LogP contribution is 2.15. The highest BCUT2D eigenvalue weighted by atomic mass is 16.5. The second-order valence-electron chi connectivity index (χ2n) is 13.5. The predicted octanol–water partition coefficient (Wildman–Crippen LogP) is 5.48. The van der Waals surface area contributed by atoms with Gasteiger partial charge in [0.2, 0.25) is 11.8 Å². The van der Waals surface area contributed by atoms with Gasteiger partial charge in [0.25, 0.3) is 0 Å². The van der Waals surface area contributed by atoms with Crippen molar-refractivity contribution in [2.75, 3.05) is 39.5 Å². The zero-order chi connectivity index (χ0) is 38.8. The van der Waals surface area contributed by atoms with Gasteiger partial charge in [-0.25, -0.2) is 0 Å². The molecule has 0 aromatic carbocycles. The lowest BCUT2D eigenvalue weighted by molar-refractivity contribution is -0.144. The van der Waals surface area contributed by atoms with Gasteiger partial charge in [-0.1, -0.05) is 64.7 Å². The van der Waals surface area contributed by atoms with E-state index in [2.05, 4.69) is 10.6 Å². The van der Waals surface area contributed by atoms with Crippen LogP contribution in [0.5, 0.6) is 0 Å². The molecule has 14 nitrogen and oxygen atoms in total. The Hall–Kier alpha value is -3.39. The highest BCUT2D eigenvalue weighted by molar-refractivity contribution is 5.87. The second-order valence-corrected chi connectivity index (χ2v) is 13.5. The average Bonchev–Trinajstić information content (AvgIpc) is 3.09. The summed E-state index contributed by atoms with van der Waals surface area (Å²) in [5.41, 5.74) is 0. The van der Waals surface area contributed by atoms with Gasteiger partial charge in [-0.15, -0.1) is 0 Å². The molecule has 2 amide bonds. The van der Waals surface area contributed by atoms with Crippen LogP contribution in [0.3, 0.4) is 0 Å². The Labute approximate surface area is 309 Å². The van der Waals surface area contributed by atoms with Crippen LogP contribution in [0.4, 0.5) is 0 Å². The van der Waals surface area contributed by atoms with E-state index in [-0.39, 0.29) is 75.1 Å². The SMILES string of the molecule is C[C@@H](CCCCNC(=O)CC[C@H](CC(=O)CCC(=O)NCCOCCOCCCC(=O)CCCCCCCCCCCCC(=O)O)C(=O)O)C(=O)O. The van der Waals surface area contributed by atoms with Crippen LogP contribution in [0.2, 0.25) is 0 Å². The number of ketones is 2. The number of amides is 2. The minimum atomic E-state index is -1.17. The molecule has 0 aromatic heterocycles. The first kappa shape index (κ1) is 48.6. The number of unbranched alkanes of at least 4 members (excludes halogenated alkanes) is 10. The third-order valence-corrected chi connectivity index (χ3v) is 8.76. The summed E-state index contributed by atoms with van der Waals surface area (Å²) < 4.78 is 10.9. The molecular weight excluding hydrogens is 676 g/mol. The third kappa shape index (κ3) is 32.5. The van der Waals surface area contributed by atoms with E-state index in [1.54, 1.807) is 6.92 Å². The Morgan fingerprint density at radius 2 is 1.02 bits per heavy atom. The number of carbonyl (C=O) groups is 7. The van der Waals surface area contributed by atoms with Gasteiger partial charge in [0.1, 0.15) is 11.6 Å². The molecule has 2 atom stereocenters. The summed E-state index contributed by atoms with van der Waals surface area (Å²) in [6.07, 6.45) is 14.0. The fourth-order valence-electron chi connectivity index (χ4n) is 5.45. The fraction of sp³-hybridized carbons (Fsp3) is 0.816. The zero-order valence-corrected chi connectivity index (χ0v) is 31.5. The van der Waals surface area contributed by atoms with Crippen molar-refractivity contribution in [2.24, 2.45) is 11.8 Å². The summed E-state index contributed by atoms with van der Waals surface area (Å²) in [6.45, 7) is 3.70. The molecule has 0 radical (unpaired) electrons. The van der Waals surface area contributed by atoms with Gasteiger partial charge in [0, 0.05) is 64.6 Å². The lowest BCUT2D eigenvalue weighted by Crippen LogP contribution is -2.28. The molecular formula is C38H66N2O12. The number of hydrogen-bond acceptors (Lipinski definition) is 9. The van der Waals surface area contributed by atoms with Gasteiger partial charge >= 0.3 is 17.9 Å². The number of Topliss-reactive ketones (excluding diaryl/α,β-unsaturated/α-hetero) is 2. The molecule has 0 heterocycles. The molecule has 0 rings (SSSR count). The molecule has 0 saturated carbocycles. The molecule has 0 aromatic rings. The molecule has 5 N–H and O–H groups in total. The number of ether oxygens (including phenoxy) is 2. The van der Waals surface area contributed by atoms with Crippen LogP contribution >= 0.6 is 0 Å². The molecule has 0 bridgehead atoms. The van der Waals surface area contributed by atoms with Gasteiger partial charge in [-0.3, -0.25) is 33.6 Å². The van der Waals surface area contributed by atoms with Gasteiger partial charge < -0.3 is 35.4 Å². The molecule has 0 spiro atoms. The van der Waals surface area contributed by atoms with E-state index >= 15 is 0 Å². The summed E-state index contributed by atoms with van der Waals surface area (Å²) in [5.74, 6) is -5.00. The van der Waals surface area contributed by atoms with E-state index in [1.165, 1.54) is 19.3 Å². The van der Waals surface area contributed by atoms with Crippen molar-refractivity contribution in [3.8, 4) is 0 Å². The Balaban J connectivity index is 3.69. The van der Waals surface area contributed by atoms with Gasteiger partial charge in [0.05, 0.1) is 31.7 Å². The lowest BCUT2D eigenvalue weighted by atomic mass is 9.95. The number of rotatable bonds is 38. The van der Waals surface area contributed by atoms with E-state index in [0.717, 1.165) is 44.9 Å². The second kappa shape index (κ2) is 33.4. The number of carboxylic acid groups (broad SMARTS) is 3. The van der Waals surface area contributed by atoms with Crippen LogP contribution in [0.1, 0.15) is 148 Å². The quantitative estimate of drug-likeness (QED) is 0.0497.